The number of nitrogens with zero attached hydrogens (tertiary/aromatic N) is 4. The highest BCUT2D eigenvalue weighted by atomic mass is 31.3. The standard InChI is InChI=1S/C18H31N5O16P2/c1-7(26)14(8(27)2-24)37-18(9(28)3-25)38-41(33,34)39-40(31,32)35-4-10-12(29)13(30)17(36-10)23-6-22-11-15(19)20-5-21-16(11)23/h5-10,12-14,17-18,24-30H,2-4H2,1H3,(H,31,32)(H,33,34)(H2,19,20,21)/t7-,8-,9+,10?,12?,13?,14?,17?,18?/m0/s1. The Hall–Kier alpha value is -1.75. The zero-order valence-corrected chi connectivity index (χ0v) is 22.9. The molecule has 0 radical (unpaired) electrons. The van der Waals surface area contributed by atoms with Gasteiger partial charge >= 0.3 is 15.6 Å². The first-order valence-corrected chi connectivity index (χ1v) is 14.7. The van der Waals surface area contributed by atoms with E-state index >= 15 is 0 Å². The second-order valence-corrected chi connectivity index (χ2v) is 11.8. The van der Waals surface area contributed by atoms with Gasteiger partial charge in [0, 0.05) is 0 Å². The number of anilines is 1. The number of imidazole rings is 1. The molecule has 2 aromatic heterocycles. The van der Waals surface area contributed by atoms with Crippen LogP contribution in [0.25, 0.3) is 11.2 Å². The van der Waals surface area contributed by atoms with Gasteiger partial charge in [0.15, 0.2) is 24.0 Å². The maximum Gasteiger partial charge on any atom is 0.483 e. The van der Waals surface area contributed by atoms with Crippen molar-refractivity contribution in [3.63, 3.8) is 0 Å². The Morgan fingerprint density at radius 2 is 1.71 bits per heavy atom. The lowest BCUT2D eigenvalue weighted by Crippen LogP contribution is -2.46. The molecule has 0 aromatic carbocycles. The highest BCUT2D eigenvalue weighted by Crippen LogP contribution is 2.61. The number of hydrogen-bond acceptors (Lipinski definition) is 18. The number of aromatic nitrogens is 4. The minimum absolute atomic E-state index is 0.0285. The van der Waals surface area contributed by atoms with Crippen LogP contribution in [0.3, 0.4) is 0 Å². The molecule has 0 aliphatic carbocycles. The third-order valence-corrected chi connectivity index (χ3v) is 8.28. The highest BCUT2D eigenvalue weighted by Gasteiger charge is 2.47. The smallest absolute Gasteiger partial charge is 0.394 e. The first kappa shape index (κ1) is 33.7. The zero-order valence-electron chi connectivity index (χ0n) is 21.1. The van der Waals surface area contributed by atoms with Crippen molar-refractivity contribution in [3.8, 4) is 0 Å². The van der Waals surface area contributed by atoms with Gasteiger partial charge in [-0.15, -0.1) is 0 Å². The van der Waals surface area contributed by atoms with E-state index in [-0.39, 0.29) is 17.0 Å². The molecule has 21 nitrogen and oxygen atoms in total. The fourth-order valence-corrected chi connectivity index (χ4v) is 5.86. The molecule has 23 heteroatoms. The van der Waals surface area contributed by atoms with E-state index < -0.39 is 90.7 Å². The lowest BCUT2D eigenvalue weighted by atomic mass is 10.1. The van der Waals surface area contributed by atoms with Crippen LogP contribution in [0.4, 0.5) is 5.82 Å². The van der Waals surface area contributed by atoms with Gasteiger partial charge in [0.1, 0.15) is 48.5 Å². The number of phosphoric ester groups is 2. The van der Waals surface area contributed by atoms with Crippen molar-refractivity contribution in [1.82, 2.24) is 19.5 Å². The number of aliphatic hydroxyl groups excluding tert-OH is 7. The van der Waals surface area contributed by atoms with Gasteiger partial charge in [-0.05, 0) is 6.92 Å². The molecule has 234 valence electrons. The number of rotatable bonds is 15. The molecule has 2 aromatic rings. The monoisotopic (exact) mass is 635 g/mol. The fourth-order valence-electron chi connectivity index (χ4n) is 3.68. The van der Waals surface area contributed by atoms with E-state index in [1.54, 1.807) is 0 Å². The van der Waals surface area contributed by atoms with Crippen LogP contribution in [0.15, 0.2) is 12.7 Å². The average molecular weight is 635 g/mol. The molecule has 3 heterocycles. The molecular weight excluding hydrogens is 604 g/mol. The van der Waals surface area contributed by atoms with Crippen molar-refractivity contribution in [1.29, 1.82) is 0 Å². The number of hydrogen-bond donors (Lipinski definition) is 10. The SMILES string of the molecule is C[C@H](O)C(OC(OP(=O)(O)OP(=O)(O)OCC1OC(n2cnc3c(N)ncnc32)C(O)C1O)[C@H](O)CO)[C@@H](O)CO. The minimum atomic E-state index is -5.69. The van der Waals surface area contributed by atoms with Gasteiger partial charge in [0.05, 0.1) is 32.3 Å². The maximum atomic E-state index is 12.4. The van der Waals surface area contributed by atoms with Crippen molar-refractivity contribution in [2.75, 3.05) is 25.6 Å². The molecule has 1 aliphatic heterocycles. The van der Waals surface area contributed by atoms with Crippen LogP contribution in [0.1, 0.15) is 13.2 Å². The summed E-state index contributed by atoms with van der Waals surface area (Å²) in [4.78, 5) is 31.7. The number of fused-ring (bicyclic) bond motifs is 1. The van der Waals surface area contributed by atoms with E-state index in [1.807, 2.05) is 0 Å². The van der Waals surface area contributed by atoms with Gasteiger partial charge in [0.2, 0.25) is 0 Å². The molecule has 0 spiro atoms. The maximum absolute atomic E-state index is 12.4. The molecule has 11 atom stereocenters. The van der Waals surface area contributed by atoms with E-state index in [0.29, 0.717) is 0 Å². The molecule has 0 amide bonds. The Morgan fingerprint density at radius 3 is 2.32 bits per heavy atom. The molecule has 3 rings (SSSR count). The number of nitrogen functional groups attached to an aromatic ring is 1. The van der Waals surface area contributed by atoms with Gasteiger partial charge in [-0.3, -0.25) is 13.6 Å². The van der Waals surface area contributed by atoms with E-state index in [1.165, 1.54) is 10.9 Å². The molecule has 0 bridgehead atoms. The summed E-state index contributed by atoms with van der Waals surface area (Å²) in [5.74, 6) is 0.0285. The largest absolute Gasteiger partial charge is 0.483 e. The van der Waals surface area contributed by atoms with E-state index in [9.17, 15) is 49.6 Å². The van der Waals surface area contributed by atoms with Gasteiger partial charge in [-0.25, -0.2) is 24.1 Å². The molecular formula is C18H31N5O16P2. The van der Waals surface area contributed by atoms with Crippen LogP contribution in [0.2, 0.25) is 0 Å². The van der Waals surface area contributed by atoms with Crippen LogP contribution in [-0.2, 0) is 32.0 Å². The van der Waals surface area contributed by atoms with E-state index in [4.69, 9.17) is 20.3 Å². The minimum Gasteiger partial charge on any atom is -0.394 e. The van der Waals surface area contributed by atoms with Crippen LogP contribution < -0.4 is 5.73 Å². The number of nitrogens with two attached hydrogens (primary N) is 1. The number of phosphoric acid groups is 2. The van der Waals surface area contributed by atoms with Crippen LogP contribution in [-0.4, -0.2) is 134 Å². The first-order chi connectivity index (χ1) is 19.1. The molecule has 8 unspecified atom stereocenters. The lowest BCUT2D eigenvalue weighted by molar-refractivity contribution is -0.226. The van der Waals surface area contributed by atoms with Crippen LogP contribution in [0, 0.1) is 0 Å². The van der Waals surface area contributed by atoms with Crippen molar-refractivity contribution in [3.05, 3.63) is 12.7 Å². The predicted molar refractivity (Wildman–Crippen MR) is 130 cm³/mol. The first-order valence-electron chi connectivity index (χ1n) is 11.7. The van der Waals surface area contributed by atoms with E-state index in [0.717, 1.165) is 13.3 Å². The summed E-state index contributed by atoms with van der Waals surface area (Å²) in [5.41, 5.74) is 6.03. The fraction of sp³-hybridized carbons (Fsp3) is 0.722. The van der Waals surface area contributed by atoms with Crippen LogP contribution >= 0.6 is 15.6 Å². The summed E-state index contributed by atoms with van der Waals surface area (Å²) in [7, 11) is -11.2. The molecule has 11 N–H and O–H groups in total. The summed E-state index contributed by atoms with van der Waals surface area (Å²) < 4.78 is 49.8. The zero-order chi connectivity index (χ0) is 30.7. The third-order valence-electron chi connectivity index (χ3n) is 5.68. The quantitative estimate of drug-likeness (QED) is 0.0659. The summed E-state index contributed by atoms with van der Waals surface area (Å²) in [5, 5.41) is 68.5. The highest BCUT2D eigenvalue weighted by molar-refractivity contribution is 7.61. The summed E-state index contributed by atoms with van der Waals surface area (Å²) in [6.07, 6.45) is -13.3. The lowest BCUT2D eigenvalue weighted by Gasteiger charge is -2.31. The number of aliphatic hydroxyl groups is 7. The van der Waals surface area contributed by atoms with Crippen molar-refractivity contribution in [2.45, 2.75) is 62.2 Å². The van der Waals surface area contributed by atoms with Gasteiger partial charge in [-0.2, -0.15) is 4.31 Å². The normalized spacial score (nSPS) is 28.0. The summed E-state index contributed by atoms with van der Waals surface area (Å²) in [6.45, 7) is -1.98. The van der Waals surface area contributed by atoms with Gasteiger partial charge in [0.25, 0.3) is 0 Å². The Bertz CT molecular complexity index is 1250. The second kappa shape index (κ2) is 13.7. The van der Waals surface area contributed by atoms with Crippen molar-refractivity contribution >= 4 is 32.6 Å². The Labute approximate surface area is 230 Å². The molecule has 1 saturated heterocycles. The summed E-state index contributed by atoms with van der Waals surface area (Å²) in [6, 6.07) is 0. The predicted octanol–water partition coefficient (Wildman–Crippen LogP) is -3.92. The van der Waals surface area contributed by atoms with Gasteiger partial charge < -0.3 is 60.7 Å². The van der Waals surface area contributed by atoms with Gasteiger partial charge in [-0.1, -0.05) is 0 Å². The number of ether oxygens (including phenoxy) is 2. The molecule has 41 heavy (non-hydrogen) atoms. The third kappa shape index (κ3) is 8.21. The second-order valence-electron chi connectivity index (χ2n) is 8.76. The summed E-state index contributed by atoms with van der Waals surface area (Å²) >= 11 is 0. The Balaban J connectivity index is 1.66. The topological polar surface area (TPSA) is 332 Å². The Morgan fingerprint density at radius 1 is 1.05 bits per heavy atom. The molecule has 1 aliphatic rings. The van der Waals surface area contributed by atoms with E-state index in [2.05, 4.69) is 28.3 Å². The Kier molecular flexibility index (Phi) is 11.3. The molecule has 0 saturated carbocycles. The van der Waals surface area contributed by atoms with Crippen molar-refractivity contribution < 1.29 is 77.5 Å². The molecule has 1 fully saturated rings. The van der Waals surface area contributed by atoms with Crippen molar-refractivity contribution in [2.24, 2.45) is 0 Å². The van der Waals surface area contributed by atoms with Crippen LogP contribution in [0.5, 0.6) is 0 Å². The average Bonchev–Trinajstić information content (AvgIpc) is 3.45.